The summed E-state index contributed by atoms with van der Waals surface area (Å²) in [6.45, 7) is 6.13. The summed E-state index contributed by atoms with van der Waals surface area (Å²) in [6.07, 6.45) is 0. The second-order valence-electron chi connectivity index (χ2n) is 5.04. The third kappa shape index (κ3) is 2.20. The Bertz CT molecular complexity index is 340. The molecule has 1 atom stereocenters. The van der Waals surface area contributed by atoms with Crippen molar-refractivity contribution < 1.29 is 9.84 Å². The van der Waals surface area contributed by atoms with Crippen molar-refractivity contribution in [2.75, 3.05) is 13.7 Å². The first-order valence-electron chi connectivity index (χ1n) is 5.42. The van der Waals surface area contributed by atoms with E-state index in [1.165, 1.54) is 0 Å². The summed E-state index contributed by atoms with van der Waals surface area (Å²) in [5.41, 5.74) is 5.21. The molecule has 0 amide bonds. The van der Waals surface area contributed by atoms with Crippen molar-refractivity contribution in [2.45, 2.75) is 26.4 Å². The van der Waals surface area contributed by atoms with Gasteiger partial charge in [-0.15, -0.1) is 0 Å². The van der Waals surface area contributed by atoms with Gasteiger partial charge < -0.3 is 15.6 Å². The molecule has 0 heterocycles. The van der Waals surface area contributed by atoms with Crippen LogP contribution in [-0.2, 0) is 5.60 Å². The first kappa shape index (κ1) is 13.0. The van der Waals surface area contributed by atoms with Gasteiger partial charge in [-0.05, 0) is 23.1 Å². The maximum absolute atomic E-state index is 10.6. The molecule has 3 heteroatoms. The average molecular weight is 223 g/mol. The van der Waals surface area contributed by atoms with Gasteiger partial charge in [0.25, 0.3) is 0 Å². The Morgan fingerprint density at radius 2 is 1.69 bits per heavy atom. The van der Waals surface area contributed by atoms with Crippen LogP contribution in [0.25, 0.3) is 0 Å². The number of methoxy groups -OCH3 is 1. The highest BCUT2D eigenvalue weighted by molar-refractivity contribution is 5.32. The van der Waals surface area contributed by atoms with Gasteiger partial charge in [0.15, 0.2) is 0 Å². The lowest BCUT2D eigenvalue weighted by Crippen LogP contribution is -2.46. The lowest BCUT2D eigenvalue weighted by atomic mass is 9.72. The SMILES string of the molecule is COc1ccc(C(O)(CN)C(C)(C)C)cc1. The molecule has 0 aliphatic carbocycles. The fraction of sp³-hybridized carbons (Fsp3) is 0.538. The van der Waals surface area contributed by atoms with Crippen molar-refractivity contribution in [3.63, 3.8) is 0 Å². The second kappa shape index (κ2) is 4.44. The van der Waals surface area contributed by atoms with Gasteiger partial charge in [-0.3, -0.25) is 0 Å². The predicted octanol–water partition coefficient (Wildman–Crippen LogP) is 1.89. The third-order valence-electron chi connectivity index (χ3n) is 3.10. The topological polar surface area (TPSA) is 55.5 Å². The molecule has 0 aliphatic rings. The first-order valence-corrected chi connectivity index (χ1v) is 5.42. The third-order valence-corrected chi connectivity index (χ3v) is 3.10. The van der Waals surface area contributed by atoms with Gasteiger partial charge >= 0.3 is 0 Å². The summed E-state index contributed by atoms with van der Waals surface area (Å²) >= 11 is 0. The molecule has 1 unspecified atom stereocenters. The number of hydrogen-bond donors (Lipinski definition) is 2. The van der Waals surface area contributed by atoms with E-state index in [1.54, 1.807) is 7.11 Å². The van der Waals surface area contributed by atoms with E-state index in [0.717, 1.165) is 11.3 Å². The Hall–Kier alpha value is -1.06. The summed E-state index contributed by atoms with van der Waals surface area (Å²) in [4.78, 5) is 0. The number of benzene rings is 1. The lowest BCUT2D eigenvalue weighted by molar-refractivity contribution is -0.0557. The second-order valence-corrected chi connectivity index (χ2v) is 5.04. The molecule has 1 aromatic rings. The lowest BCUT2D eigenvalue weighted by Gasteiger charge is -2.40. The molecular formula is C13H21NO2. The molecule has 0 aromatic heterocycles. The maximum atomic E-state index is 10.6. The van der Waals surface area contributed by atoms with Crippen LogP contribution >= 0.6 is 0 Å². The minimum Gasteiger partial charge on any atom is -0.497 e. The molecule has 3 N–H and O–H groups in total. The number of rotatable bonds is 3. The number of nitrogens with two attached hydrogens (primary N) is 1. The standard InChI is InChI=1S/C13H21NO2/c1-12(2,3)13(15,9-14)10-5-7-11(16-4)8-6-10/h5-8,15H,9,14H2,1-4H3. The molecule has 0 spiro atoms. The molecule has 3 nitrogen and oxygen atoms in total. The van der Waals surface area contributed by atoms with Gasteiger partial charge in [0.2, 0.25) is 0 Å². The summed E-state index contributed by atoms with van der Waals surface area (Å²) < 4.78 is 5.09. The largest absolute Gasteiger partial charge is 0.497 e. The number of hydrogen-bond acceptors (Lipinski definition) is 3. The molecule has 90 valence electrons. The predicted molar refractivity (Wildman–Crippen MR) is 65.4 cm³/mol. The van der Waals surface area contributed by atoms with Gasteiger partial charge in [0.1, 0.15) is 11.4 Å². The molecule has 0 saturated heterocycles. The Balaban J connectivity index is 3.13. The van der Waals surface area contributed by atoms with E-state index in [0.29, 0.717) is 0 Å². The van der Waals surface area contributed by atoms with Crippen LogP contribution in [0.1, 0.15) is 26.3 Å². The van der Waals surface area contributed by atoms with Gasteiger partial charge in [-0.25, -0.2) is 0 Å². The number of aliphatic hydroxyl groups is 1. The van der Waals surface area contributed by atoms with Gasteiger partial charge in [-0.2, -0.15) is 0 Å². The van der Waals surface area contributed by atoms with E-state index in [2.05, 4.69) is 0 Å². The van der Waals surface area contributed by atoms with Crippen molar-refractivity contribution in [1.29, 1.82) is 0 Å². The van der Waals surface area contributed by atoms with Crippen molar-refractivity contribution >= 4 is 0 Å². The molecule has 1 rings (SSSR count). The highest BCUT2D eigenvalue weighted by Gasteiger charge is 2.40. The van der Waals surface area contributed by atoms with Crippen LogP contribution in [0.2, 0.25) is 0 Å². The van der Waals surface area contributed by atoms with E-state index in [-0.39, 0.29) is 12.0 Å². The molecule has 0 radical (unpaired) electrons. The van der Waals surface area contributed by atoms with Crippen LogP contribution in [0.3, 0.4) is 0 Å². The fourth-order valence-corrected chi connectivity index (χ4v) is 1.72. The Morgan fingerprint density at radius 1 is 1.19 bits per heavy atom. The zero-order chi connectivity index (χ0) is 12.4. The Labute approximate surface area is 97.2 Å². The molecule has 0 saturated carbocycles. The van der Waals surface area contributed by atoms with Crippen LogP contribution in [0.15, 0.2) is 24.3 Å². The van der Waals surface area contributed by atoms with Crippen molar-refractivity contribution in [1.82, 2.24) is 0 Å². The van der Waals surface area contributed by atoms with E-state index < -0.39 is 5.60 Å². The summed E-state index contributed by atoms with van der Waals surface area (Å²) in [7, 11) is 1.62. The zero-order valence-corrected chi connectivity index (χ0v) is 10.4. The Kier molecular flexibility index (Phi) is 3.61. The summed E-state index contributed by atoms with van der Waals surface area (Å²) in [6, 6.07) is 7.39. The van der Waals surface area contributed by atoms with E-state index in [4.69, 9.17) is 10.5 Å². The van der Waals surface area contributed by atoms with Crippen molar-refractivity contribution in [3.05, 3.63) is 29.8 Å². The quantitative estimate of drug-likeness (QED) is 0.822. The molecule has 16 heavy (non-hydrogen) atoms. The van der Waals surface area contributed by atoms with E-state index in [1.807, 2.05) is 45.0 Å². The number of ether oxygens (including phenoxy) is 1. The molecule has 0 aliphatic heterocycles. The molecule has 1 aromatic carbocycles. The highest BCUT2D eigenvalue weighted by Crippen LogP contribution is 2.38. The summed E-state index contributed by atoms with van der Waals surface area (Å²) in [5, 5.41) is 10.6. The van der Waals surface area contributed by atoms with Crippen LogP contribution in [-0.4, -0.2) is 18.8 Å². The van der Waals surface area contributed by atoms with E-state index in [9.17, 15) is 5.11 Å². The normalized spacial score (nSPS) is 15.6. The van der Waals surface area contributed by atoms with Crippen molar-refractivity contribution in [2.24, 2.45) is 11.1 Å². The van der Waals surface area contributed by atoms with Crippen molar-refractivity contribution in [3.8, 4) is 5.75 Å². The average Bonchev–Trinajstić information content (AvgIpc) is 2.26. The Morgan fingerprint density at radius 3 is 2.00 bits per heavy atom. The first-order chi connectivity index (χ1) is 7.35. The highest BCUT2D eigenvalue weighted by atomic mass is 16.5. The molecular weight excluding hydrogens is 202 g/mol. The summed E-state index contributed by atoms with van der Waals surface area (Å²) in [5.74, 6) is 0.775. The zero-order valence-electron chi connectivity index (χ0n) is 10.4. The monoisotopic (exact) mass is 223 g/mol. The van der Waals surface area contributed by atoms with Crippen LogP contribution in [0.4, 0.5) is 0 Å². The van der Waals surface area contributed by atoms with Crippen LogP contribution in [0.5, 0.6) is 5.75 Å². The van der Waals surface area contributed by atoms with Gasteiger partial charge in [0, 0.05) is 6.54 Å². The minimum absolute atomic E-state index is 0.197. The fourth-order valence-electron chi connectivity index (χ4n) is 1.72. The van der Waals surface area contributed by atoms with Crippen LogP contribution in [0, 0.1) is 5.41 Å². The molecule has 0 fully saturated rings. The van der Waals surface area contributed by atoms with Gasteiger partial charge in [0.05, 0.1) is 7.11 Å². The van der Waals surface area contributed by atoms with E-state index >= 15 is 0 Å². The minimum atomic E-state index is -1.01. The van der Waals surface area contributed by atoms with Gasteiger partial charge in [-0.1, -0.05) is 32.9 Å². The smallest absolute Gasteiger partial charge is 0.118 e. The van der Waals surface area contributed by atoms with Crippen LogP contribution < -0.4 is 10.5 Å². The maximum Gasteiger partial charge on any atom is 0.118 e. The molecule has 0 bridgehead atoms.